The second-order valence-electron chi connectivity index (χ2n) is 6.35. The van der Waals surface area contributed by atoms with Crippen LogP contribution in [0.25, 0.3) is 0 Å². The third-order valence-corrected chi connectivity index (χ3v) is 6.21. The fraction of sp³-hybridized carbons (Fsp3) is 0.556. The van der Waals surface area contributed by atoms with Gasteiger partial charge in [0.2, 0.25) is 0 Å². The zero-order chi connectivity index (χ0) is 18.4. The van der Waals surface area contributed by atoms with E-state index in [1.54, 1.807) is 11.8 Å². The monoisotopic (exact) mass is 413 g/mol. The first kappa shape index (κ1) is 19.7. The summed E-state index contributed by atoms with van der Waals surface area (Å²) in [6.45, 7) is 4.48. The van der Waals surface area contributed by atoms with Crippen molar-refractivity contribution in [2.75, 3.05) is 45.1 Å². The van der Waals surface area contributed by atoms with Crippen molar-refractivity contribution < 1.29 is 9.53 Å². The lowest BCUT2D eigenvalue weighted by atomic mass is 10.2. The Bertz CT molecular complexity index is 615. The first-order valence-corrected chi connectivity index (χ1v) is 10.7. The summed E-state index contributed by atoms with van der Waals surface area (Å²) in [6.07, 6.45) is 1.61. The topological polar surface area (TPSA) is 44.8 Å². The highest BCUT2D eigenvalue weighted by Crippen LogP contribution is 2.20. The highest BCUT2D eigenvalue weighted by atomic mass is 35.5. The van der Waals surface area contributed by atoms with E-state index < -0.39 is 0 Å². The number of halogens is 1. The lowest BCUT2D eigenvalue weighted by Gasteiger charge is -2.37. The third kappa shape index (κ3) is 5.49. The second-order valence-corrected chi connectivity index (χ2v) is 8.34. The average molecular weight is 414 g/mol. The molecule has 2 fully saturated rings. The molecule has 142 valence electrons. The van der Waals surface area contributed by atoms with Crippen LogP contribution in [-0.2, 0) is 9.53 Å². The quantitative estimate of drug-likeness (QED) is 0.455. The predicted octanol–water partition coefficient (Wildman–Crippen LogP) is 2.63. The van der Waals surface area contributed by atoms with Gasteiger partial charge < -0.3 is 19.9 Å². The van der Waals surface area contributed by atoms with Gasteiger partial charge in [0.05, 0.1) is 0 Å². The first-order chi connectivity index (χ1) is 12.6. The van der Waals surface area contributed by atoms with Gasteiger partial charge in [-0.25, -0.2) is 0 Å². The molecule has 1 unspecified atom stereocenters. The Kier molecular flexibility index (Phi) is 7.42. The van der Waals surface area contributed by atoms with E-state index in [0.717, 1.165) is 48.4 Å². The molecule has 2 aliphatic rings. The Morgan fingerprint density at radius 1 is 1.23 bits per heavy atom. The lowest BCUT2D eigenvalue weighted by Crippen LogP contribution is -2.54. The minimum Gasteiger partial charge on any atom is -0.368 e. The van der Waals surface area contributed by atoms with Crippen molar-refractivity contribution in [2.24, 2.45) is 0 Å². The number of carbonyl (C=O) groups excluding carboxylic acids is 1. The van der Waals surface area contributed by atoms with E-state index in [1.807, 2.05) is 29.2 Å². The Hall–Kier alpha value is -1.02. The van der Waals surface area contributed by atoms with E-state index in [0.29, 0.717) is 19.7 Å². The van der Waals surface area contributed by atoms with Crippen molar-refractivity contribution in [1.29, 1.82) is 0 Å². The number of hydrogen-bond donors (Lipinski definition) is 1. The standard InChI is InChI=1S/C18H24ClN3O2S2/c19-14-3-5-15(6-4-14)26-13-7-20-18(25)22-10-8-21(9-11-22)17(23)16-2-1-12-24-16/h3-6,16H,1-2,7-13H2,(H,20,25). The largest absolute Gasteiger partial charge is 0.368 e. The first-order valence-electron chi connectivity index (χ1n) is 8.95. The molecule has 2 saturated heterocycles. The number of ether oxygens (including phenoxy) is 1. The summed E-state index contributed by atoms with van der Waals surface area (Å²) in [5, 5.41) is 4.84. The Balaban J connectivity index is 1.33. The highest BCUT2D eigenvalue weighted by Gasteiger charge is 2.30. The molecule has 1 N–H and O–H groups in total. The van der Waals surface area contributed by atoms with Gasteiger partial charge in [-0.3, -0.25) is 4.79 Å². The number of carbonyl (C=O) groups is 1. The molecule has 1 aromatic carbocycles. The van der Waals surface area contributed by atoms with Crippen molar-refractivity contribution >= 4 is 46.6 Å². The van der Waals surface area contributed by atoms with E-state index in [9.17, 15) is 4.79 Å². The maximum absolute atomic E-state index is 12.4. The van der Waals surface area contributed by atoms with Gasteiger partial charge in [-0.05, 0) is 49.3 Å². The number of hydrogen-bond acceptors (Lipinski definition) is 4. The zero-order valence-corrected chi connectivity index (χ0v) is 17.0. The molecule has 0 bridgehead atoms. The minimum atomic E-state index is -0.225. The minimum absolute atomic E-state index is 0.139. The van der Waals surface area contributed by atoms with Crippen molar-refractivity contribution in [3.05, 3.63) is 29.3 Å². The summed E-state index contributed by atoms with van der Waals surface area (Å²) in [5.41, 5.74) is 0. The van der Waals surface area contributed by atoms with E-state index in [1.165, 1.54) is 4.90 Å². The number of nitrogens with zero attached hydrogens (tertiary/aromatic N) is 2. The number of thiocarbonyl (C=S) groups is 1. The molecule has 0 saturated carbocycles. The molecule has 1 atom stereocenters. The van der Waals surface area contributed by atoms with Crippen LogP contribution in [0.15, 0.2) is 29.2 Å². The fourth-order valence-electron chi connectivity index (χ4n) is 3.08. The number of benzene rings is 1. The molecule has 8 heteroatoms. The van der Waals surface area contributed by atoms with Gasteiger partial charge in [0.15, 0.2) is 5.11 Å². The molecule has 1 aromatic rings. The van der Waals surface area contributed by atoms with E-state index in [-0.39, 0.29) is 12.0 Å². The van der Waals surface area contributed by atoms with Gasteiger partial charge in [0.1, 0.15) is 6.10 Å². The average Bonchev–Trinajstić information content (AvgIpc) is 3.21. The number of amides is 1. The van der Waals surface area contributed by atoms with Crippen molar-refractivity contribution in [3.63, 3.8) is 0 Å². The van der Waals surface area contributed by atoms with Crippen molar-refractivity contribution in [3.8, 4) is 0 Å². The fourth-order valence-corrected chi connectivity index (χ4v) is 4.25. The predicted molar refractivity (Wildman–Crippen MR) is 110 cm³/mol. The number of rotatable bonds is 5. The number of nitrogens with one attached hydrogen (secondary N) is 1. The SMILES string of the molecule is O=C(C1CCCO1)N1CCN(C(=S)NCCSc2ccc(Cl)cc2)CC1. The molecular weight excluding hydrogens is 390 g/mol. The summed E-state index contributed by atoms with van der Waals surface area (Å²) < 4.78 is 5.50. The molecule has 26 heavy (non-hydrogen) atoms. The molecule has 0 radical (unpaired) electrons. The van der Waals surface area contributed by atoms with Gasteiger partial charge in [0.25, 0.3) is 5.91 Å². The lowest BCUT2D eigenvalue weighted by molar-refractivity contribution is -0.142. The van der Waals surface area contributed by atoms with Gasteiger partial charge in [-0.1, -0.05) is 11.6 Å². The molecule has 2 heterocycles. The van der Waals surface area contributed by atoms with Gasteiger partial charge in [-0.2, -0.15) is 0 Å². The molecule has 5 nitrogen and oxygen atoms in total. The van der Waals surface area contributed by atoms with E-state index in [2.05, 4.69) is 10.2 Å². The van der Waals surface area contributed by atoms with Crippen LogP contribution >= 0.6 is 35.6 Å². The Morgan fingerprint density at radius 3 is 2.58 bits per heavy atom. The van der Waals surface area contributed by atoms with Gasteiger partial charge >= 0.3 is 0 Å². The third-order valence-electron chi connectivity index (χ3n) is 4.54. The summed E-state index contributed by atoms with van der Waals surface area (Å²) >= 11 is 13.2. The molecule has 0 aromatic heterocycles. The summed E-state index contributed by atoms with van der Waals surface area (Å²) in [4.78, 5) is 17.6. The zero-order valence-electron chi connectivity index (χ0n) is 14.7. The molecule has 0 aliphatic carbocycles. The summed E-state index contributed by atoms with van der Waals surface area (Å²) in [5.74, 6) is 1.07. The van der Waals surface area contributed by atoms with Crippen LogP contribution in [0.4, 0.5) is 0 Å². The maximum atomic E-state index is 12.4. The Labute approximate surface area is 169 Å². The normalized spacial score (nSPS) is 20.3. The van der Waals surface area contributed by atoms with Gasteiger partial charge in [-0.15, -0.1) is 11.8 Å². The smallest absolute Gasteiger partial charge is 0.251 e. The van der Waals surface area contributed by atoms with E-state index in [4.69, 9.17) is 28.6 Å². The van der Waals surface area contributed by atoms with Crippen LogP contribution in [-0.4, -0.2) is 72.0 Å². The van der Waals surface area contributed by atoms with Crippen LogP contribution < -0.4 is 5.32 Å². The molecular formula is C18H24ClN3O2S2. The van der Waals surface area contributed by atoms with Crippen LogP contribution in [0.3, 0.4) is 0 Å². The van der Waals surface area contributed by atoms with E-state index >= 15 is 0 Å². The molecule has 3 rings (SSSR count). The molecule has 0 spiro atoms. The summed E-state index contributed by atoms with van der Waals surface area (Å²) in [7, 11) is 0. The maximum Gasteiger partial charge on any atom is 0.251 e. The van der Waals surface area contributed by atoms with Crippen LogP contribution in [0.2, 0.25) is 5.02 Å². The van der Waals surface area contributed by atoms with Crippen LogP contribution in [0.5, 0.6) is 0 Å². The van der Waals surface area contributed by atoms with Crippen LogP contribution in [0.1, 0.15) is 12.8 Å². The number of piperazine rings is 1. The number of thioether (sulfide) groups is 1. The highest BCUT2D eigenvalue weighted by molar-refractivity contribution is 7.99. The molecule has 2 aliphatic heterocycles. The molecule has 1 amide bonds. The Morgan fingerprint density at radius 2 is 1.92 bits per heavy atom. The van der Waals surface area contributed by atoms with Crippen LogP contribution in [0, 0.1) is 0 Å². The second kappa shape index (κ2) is 9.78. The van der Waals surface area contributed by atoms with Gasteiger partial charge in [0, 0.05) is 55.0 Å². The summed E-state index contributed by atoms with van der Waals surface area (Å²) in [6, 6.07) is 7.85. The van der Waals surface area contributed by atoms with Crippen molar-refractivity contribution in [1.82, 2.24) is 15.1 Å². The van der Waals surface area contributed by atoms with Crippen molar-refractivity contribution in [2.45, 2.75) is 23.8 Å².